The molecule has 0 fully saturated rings. The summed E-state index contributed by atoms with van der Waals surface area (Å²) in [6.07, 6.45) is 5.25. The number of amides is 1. The summed E-state index contributed by atoms with van der Waals surface area (Å²) in [5.74, 6) is 0. The van der Waals surface area contributed by atoms with Gasteiger partial charge in [-0.2, -0.15) is 0 Å². The van der Waals surface area contributed by atoms with Crippen LogP contribution in [0.4, 0.5) is 4.79 Å². The van der Waals surface area contributed by atoms with Crippen LogP contribution in [0.15, 0.2) is 48.8 Å². The maximum atomic E-state index is 12.2. The van der Waals surface area contributed by atoms with E-state index in [1.165, 1.54) is 0 Å². The van der Waals surface area contributed by atoms with Crippen LogP contribution in [0, 0.1) is 0 Å². The quantitative estimate of drug-likeness (QED) is 0.905. The largest absolute Gasteiger partial charge is 0.449 e. The van der Waals surface area contributed by atoms with Gasteiger partial charge in [0.25, 0.3) is 0 Å². The summed E-state index contributed by atoms with van der Waals surface area (Å²) < 4.78 is 5.15. The molecule has 4 nitrogen and oxygen atoms in total. The smallest absolute Gasteiger partial charge is 0.414 e. The van der Waals surface area contributed by atoms with E-state index in [4.69, 9.17) is 4.74 Å². The van der Waals surface area contributed by atoms with Gasteiger partial charge in [0.05, 0.1) is 6.61 Å². The number of fused-ring (bicyclic) bond motifs is 1. The first-order chi connectivity index (χ1) is 9.81. The topological polar surface area (TPSA) is 45.3 Å². The number of rotatable bonds is 2. The Kier molecular flexibility index (Phi) is 3.29. The Morgan fingerprint density at radius 2 is 2.15 bits per heavy atom. The van der Waals surface area contributed by atoms with Crippen LogP contribution < -0.4 is 0 Å². The minimum absolute atomic E-state index is 0.176. The summed E-state index contributed by atoms with van der Waals surface area (Å²) in [5, 5.41) is 0. The van der Waals surface area contributed by atoms with Gasteiger partial charge in [-0.15, -0.1) is 0 Å². The molecule has 1 N–H and O–H groups in total. The zero-order valence-corrected chi connectivity index (χ0v) is 11.2. The molecular formula is C16H16N2O2. The Morgan fingerprint density at radius 1 is 1.30 bits per heavy atom. The summed E-state index contributed by atoms with van der Waals surface area (Å²) in [7, 11) is 0. The molecular weight excluding hydrogens is 252 g/mol. The van der Waals surface area contributed by atoms with Crippen molar-refractivity contribution in [3.05, 3.63) is 65.6 Å². The number of carbonyl (C=O) groups excluding carboxylic acids is 1. The van der Waals surface area contributed by atoms with Gasteiger partial charge in [0, 0.05) is 18.1 Å². The second-order valence-electron chi connectivity index (χ2n) is 4.58. The predicted molar refractivity (Wildman–Crippen MR) is 77.0 cm³/mol. The second kappa shape index (κ2) is 5.25. The molecule has 2 aromatic rings. The monoisotopic (exact) mass is 268 g/mol. The number of ether oxygens (including phenoxy) is 1. The second-order valence-corrected chi connectivity index (χ2v) is 4.58. The van der Waals surface area contributed by atoms with Crippen molar-refractivity contribution < 1.29 is 9.53 Å². The maximum Gasteiger partial charge on any atom is 0.414 e. The van der Waals surface area contributed by atoms with Crippen molar-refractivity contribution in [1.82, 2.24) is 9.88 Å². The molecule has 1 amide bonds. The first-order valence-electron chi connectivity index (χ1n) is 6.66. The molecule has 3 rings (SSSR count). The van der Waals surface area contributed by atoms with E-state index in [2.05, 4.69) is 4.98 Å². The van der Waals surface area contributed by atoms with Crippen LogP contribution in [0.5, 0.6) is 0 Å². The number of carbonyl (C=O) groups is 1. The molecule has 1 aliphatic rings. The van der Waals surface area contributed by atoms with Crippen molar-refractivity contribution in [3.63, 3.8) is 0 Å². The summed E-state index contributed by atoms with van der Waals surface area (Å²) >= 11 is 0. The lowest BCUT2D eigenvalue weighted by Crippen LogP contribution is -2.33. The molecule has 0 aliphatic carbocycles. The number of hydrogen-bond donors (Lipinski definition) is 1. The van der Waals surface area contributed by atoms with Crippen molar-refractivity contribution in [1.29, 1.82) is 0 Å². The molecule has 1 aromatic carbocycles. The third-order valence-electron chi connectivity index (χ3n) is 3.38. The van der Waals surface area contributed by atoms with E-state index in [0.29, 0.717) is 6.61 Å². The Labute approximate surface area is 117 Å². The molecule has 0 saturated heterocycles. The van der Waals surface area contributed by atoms with Crippen molar-refractivity contribution in [2.75, 3.05) is 6.61 Å². The molecule has 1 aliphatic heterocycles. The first kappa shape index (κ1) is 12.5. The first-order valence-corrected chi connectivity index (χ1v) is 6.66. The van der Waals surface area contributed by atoms with E-state index in [1.807, 2.05) is 55.6 Å². The average molecular weight is 268 g/mol. The number of hydrogen-bond acceptors (Lipinski definition) is 2. The van der Waals surface area contributed by atoms with Gasteiger partial charge in [-0.3, -0.25) is 4.90 Å². The van der Waals surface area contributed by atoms with E-state index >= 15 is 0 Å². The number of H-pyrrole nitrogens is 1. The molecule has 102 valence electrons. The van der Waals surface area contributed by atoms with Gasteiger partial charge in [0.15, 0.2) is 0 Å². The number of benzene rings is 1. The fraction of sp³-hybridized carbons (Fsp3) is 0.188. The number of aromatic nitrogens is 1. The van der Waals surface area contributed by atoms with Crippen LogP contribution in [0.25, 0.3) is 6.08 Å². The van der Waals surface area contributed by atoms with Gasteiger partial charge in [-0.25, -0.2) is 4.79 Å². The maximum absolute atomic E-state index is 12.2. The fourth-order valence-corrected chi connectivity index (χ4v) is 2.50. The SMILES string of the molecule is CCOC(=O)N1C=Cc2ccccc2C1c1ccc[nH]1. The lowest BCUT2D eigenvalue weighted by atomic mass is 9.94. The molecule has 0 saturated carbocycles. The van der Waals surface area contributed by atoms with Crippen molar-refractivity contribution in [3.8, 4) is 0 Å². The summed E-state index contributed by atoms with van der Waals surface area (Å²) in [6.45, 7) is 2.17. The van der Waals surface area contributed by atoms with Crippen molar-refractivity contribution in [2.45, 2.75) is 13.0 Å². The Morgan fingerprint density at radius 3 is 2.90 bits per heavy atom. The number of aromatic amines is 1. The molecule has 1 atom stereocenters. The average Bonchev–Trinajstić information content (AvgIpc) is 3.00. The minimum atomic E-state index is -0.335. The molecule has 0 radical (unpaired) electrons. The van der Waals surface area contributed by atoms with Gasteiger partial charge in [-0.05, 0) is 36.3 Å². The summed E-state index contributed by atoms with van der Waals surface area (Å²) in [4.78, 5) is 17.0. The molecule has 0 spiro atoms. The standard InChI is InChI=1S/C16H16N2O2/c1-2-20-16(19)18-11-9-12-6-3-4-7-13(12)15(18)14-8-5-10-17-14/h3-11,15,17H,2H2,1H3. The zero-order valence-electron chi connectivity index (χ0n) is 11.2. The van der Waals surface area contributed by atoms with E-state index in [9.17, 15) is 4.79 Å². The molecule has 2 heterocycles. The zero-order chi connectivity index (χ0) is 13.9. The Bertz CT molecular complexity index is 632. The number of nitrogens with zero attached hydrogens (tertiary/aromatic N) is 1. The van der Waals surface area contributed by atoms with Crippen LogP contribution in [0.1, 0.15) is 29.8 Å². The van der Waals surface area contributed by atoms with E-state index in [-0.39, 0.29) is 12.1 Å². The third kappa shape index (κ3) is 2.09. The van der Waals surface area contributed by atoms with Crippen LogP contribution in [0.2, 0.25) is 0 Å². The molecule has 1 aromatic heterocycles. The summed E-state index contributed by atoms with van der Waals surface area (Å²) in [6, 6.07) is 11.8. The highest BCUT2D eigenvalue weighted by Crippen LogP contribution is 2.35. The van der Waals surface area contributed by atoms with E-state index in [1.54, 1.807) is 11.1 Å². The van der Waals surface area contributed by atoms with Crippen LogP contribution >= 0.6 is 0 Å². The van der Waals surface area contributed by atoms with Gasteiger partial charge in [-0.1, -0.05) is 24.3 Å². The third-order valence-corrected chi connectivity index (χ3v) is 3.38. The van der Waals surface area contributed by atoms with Gasteiger partial charge in [0.2, 0.25) is 0 Å². The fourth-order valence-electron chi connectivity index (χ4n) is 2.50. The lowest BCUT2D eigenvalue weighted by molar-refractivity contribution is 0.114. The lowest BCUT2D eigenvalue weighted by Gasteiger charge is -2.31. The molecule has 4 heteroatoms. The van der Waals surface area contributed by atoms with Gasteiger partial charge < -0.3 is 9.72 Å². The Balaban J connectivity index is 2.06. The number of nitrogens with one attached hydrogen (secondary N) is 1. The molecule has 0 bridgehead atoms. The highest BCUT2D eigenvalue weighted by molar-refractivity contribution is 5.74. The predicted octanol–water partition coefficient (Wildman–Crippen LogP) is 3.55. The minimum Gasteiger partial charge on any atom is -0.449 e. The van der Waals surface area contributed by atoms with Crippen LogP contribution in [0.3, 0.4) is 0 Å². The van der Waals surface area contributed by atoms with Crippen molar-refractivity contribution in [2.24, 2.45) is 0 Å². The molecule has 1 unspecified atom stereocenters. The van der Waals surface area contributed by atoms with Gasteiger partial charge in [0.1, 0.15) is 6.04 Å². The van der Waals surface area contributed by atoms with Crippen molar-refractivity contribution >= 4 is 12.2 Å². The van der Waals surface area contributed by atoms with E-state index in [0.717, 1.165) is 16.8 Å². The van der Waals surface area contributed by atoms with E-state index < -0.39 is 0 Å². The molecule has 20 heavy (non-hydrogen) atoms. The van der Waals surface area contributed by atoms with Crippen LogP contribution in [-0.4, -0.2) is 22.6 Å². The van der Waals surface area contributed by atoms with Gasteiger partial charge >= 0.3 is 6.09 Å². The highest BCUT2D eigenvalue weighted by atomic mass is 16.6. The Hall–Kier alpha value is -2.49. The summed E-state index contributed by atoms with van der Waals surface area (Å²) in [5.41, 5.74) is 3.17. The van der Waals surface area contributed by atoms with Crippen LogP contribution in [-0.2, 0) is 4.74 Å². The normalized spacial score (nSPS) is 16.9. The highest BCUT2D eigenvalue weighted by Gasteiger charge is 2.30.